The Morgan fingerprint density at radius 3 is 3.09 bits per heavy atom. The van der Waals surface area contributed by atoms with Crippen molar-refractivity contribution in [2.45, 2.75) is 19.8 Å². The van der Waals surface area contributed by atoms with E-state index in [4.69, 9.17) is 0 Å². The maximum Gasteiger partial charge on any atom is 0.0342 e. The van der Waals surface area contributed by atoms with Gasteiger partial charge in [0.2, 0.25) is 0 Å². The molecule has 11 heavy (non-hydrogen) atoms. The molecule has 0 aliphatic heterocycles. The summed E-state index contributed by atoms with van der Waals surface area (Å²) in [5, 5.41) is 2.22. The lowest BCUT2D eigenvalue weighted by Crippen LogP contribution is -2.22. The Morgan fingerprint density at radius 2 is 2.45 bits per heavy atom. The highest BCUT2D eigenvalue weighted by Gasteiger charge is 1.80. The first kappa shape index (κ1) is 7.99. The van der Waals surface area contributed by atoms with Crippen LogP contribution in [0.25, 0.3) is 12.7 Å². The Kier molecular flexibility index (Phi) is 2.84. The molecule has 0 saturated heterocycles. The lowest BCUT2D eigenvalue weighted by Gasteiger charge is -1.87. The Hall–Kier alpha value is -1.11. The van der Waals surface area contributed by atoms with Crippen LogP contribution in [0.3, 0.4) is 0 Å². The van der Waals surface area contributed by atoms with Crippen molar-refractivity contribution in [3.05, 3.63) is 28.9 Å². The fourth-order valence-electron chi connectivity index (χ4n) is 0.919. The average molecular weight is 147 g/mol. The van der Waals surface area contributed by atoms with Crippen molar-refractivity contribution in [1.29, 1.82) is 0 Å². The summed E-state index contributed by atoms with van der Waals surface area (Å²) in [4.78, 5) is 4.03. The second-order valence-electron chi connectivity index (χ2n) is 2.57. The lowest BCUT2D eigenvalue weighted by atomic mass is 10.2. The number of nitrogens with zero attached hydrogens (tertiary/aromatic N) is 1. The largest absolute Gasteiger partial charge is 0.264 e. The zero-order chi connectivity index (χ0) is 8.10. The van der Waals surface area contributed by atoms with Gasteiger partial charge < -0.3 is 0 Å². The molecule has 0 aromatic carbocycles. The van der Waals surface area contributed by atoms with Crippen LogP contribution < -0.4 is 10.4 Å². The normalized spacial score (nSPS) is 11.9. The molecule has 0 radical (unpaired) electrons. The fourth-order valence-corrected chi connectivity index (χ4v) is 0.919. The standard InChI is InChI=1S/C10H13N/c1-3-4-5-10-8-11-7-6-9(10)2/h5-8H,2-4H2,1H3/b10-5-. The van der Waals surface area contributed by atoms with Gasteiger partial charge in [0.15, 0.2) is 0 Å². The average Bonchev–Trinajstić information content (AvgIpc) is 2.03. The van der Waals surface area contributed by atoms with Crippen molar-refractivity contribution in [3.63, 3.8) is 0 Å². The van der Waals surface area contributed by atoms with E-state index in [1.165, 1.54) is 6.42 Å². The number of pyridine rings is 1. The molecule has 0 saturated carbocycles. The fraction of sp³-hybridized carbons (Fsp3) is 0.300. The highest BCUT2D eigenvalue weighted by atomic mass is 14.6. The predicted molar refractivity (Wildman–Crippen MR) is 48.4 cm³/mol. The molecule has 0 amide bonds. The van der Waals surface area contributed by atoms with Crippen LogP contribution in [0.4, 0.5) is 0 Å². The molecule has 1 heterocycles. The minimum Gasteiger partial charge on any atom is -0.264 e. The van der Waals surface area contributed by atoms with Gasteiger partial charge in [0, 0.05) is 12.4 Å². The molecule has 1 aromatic rings. The second-order valence-corrected chi connectivity index (χ2v) is 2.57. The van der Waals surface area contributed by atoms with Gasteiger partial charge in [0.25, 0.3) is 0 Å². The minimum atomic E-state index is 1.06. The van der Waals surface area contributed by atoms with Gasteiger partial charge in [-0.15, -0.1) is 0 Å². The van der Waals surface area contributed by atoms with Gasteiger partial charge >= 0.3 is 0 Å². The third kappa shape index (κ3) is 2.19. The SMILES string of the molecule is C=c1ccnc/c1=C/CCC. The van der Waals surface area contributed by atoms with Crippen molar-refractivity contribution in [2.75, 3.05) is 0 Å². The van der Waals surface area contributed by atoms with Crippen LogP contribution in [0.2, 0.25) is 0 Å². The number of aromatic nitrogens is 1. The molecular weight excluding hydrogens is 134 g/mol. The van der Waals surface area contributed by atoms with Gasteiger partial charge in [-0.3, -0.25) is 4.98 Å². The quantitative estimate of drug-likeness (QED) is 0.610. The van der Waals surface area contributed by atoms with Crippen molar-refractivity contribution >= 4 is 12.7 Å². The summed E-state index contributed by atoms with van der Waals surface area (Å²) in [5.74, 6) is 0. The van der Waals surface area contributed by atoms with E-state index in [0.29, 0.717) is 0 Å². The van der Waals surface area contributed by atoms with E-state index in [1.807, 2.05) is 12.3 Å². The molecule has 1 rings (SSSR count). The first-order chi connectivity index (χ1) is 5.34. The highest BCUT2D eigenvalue weighted by molar-refractivity contribution is 5.23. The van der Waals surface area contributed by atoms with E-state index in [-0.39, 0.29) is 0 Å². The monoisotopic (exact) mass is 147 g/mol. The molecule has 0 atom stereocenters. The van der Waals surface area contributed by atoms with E-state index in [1.54, 1.807) is 6.20 Å². The van der Waals surface area contributed by atoms with Gasteiger partial charge in [0.1, 0.15) is 0 Å². The third-order valence-electron chi connectivity index (χ3n) is 1.60. The second kappa shape index (κ2) is 3.91. The van der Waals surface area contributed by atoms with E-state index in [0.717, 1.165) is 16.9 Å². The molecule has 0 aliphatic carbocycles. The Morgan fingerprint density at radius 1 is 1.64 bits per heavy atom. The van der Waals surface area contributed by atoms with Crippen molar-refractivity contribution in [2.24, 2.45) is 0 Å². The van der Waals surface area contributed by atoms with Crippen LogP contribution in [0, 0.1) is 0 Å². The van der Waals surface area contributed by atoms with Crippen molar-refractivity contribution < 1.29 is 0 Å². The van der Waals surface area contributed by atoms with Crippen LogP contribution in [0.15, 0.2) is 18.5 Å². The molecule has 1 heteroatoms. The molecule has 0 spiro atoms. The molecule has 0 N–H and O–H groups in total. The summed E-state index contributed by atoms with van der Waals surface area (Å²) in [6, 6.07) is 1.93. The summed E-state index contributed by atoms with van der Waals surface area (Å²) in [6.07, 6.45) is 8.08. The first-order valence-corrected chi connectivity index (χ1v) is 3.93. The van der Waals surface area contributed by atoms with E-state index in [9.17, 15) is 0 Å². The lowest BCUT2D eigenvalue weighted by molar-refractivity contribution is 0.990. The summed E-state index contributed by atoms with van der Waals surface area (Å²) in [5.41, 5.74) is 0. The van der Waals surface area contributed by atoms with Crippen molar-refractivity contribution in [3.8, 4) is 0 Å². The Balaban J connectivity index is 3.03. The molecule has 58 valence electrons. The van der Waals surface area contributed by atoms with Gasteiger partial charge in [-0.1, -0.05) is 26.0 Å². The maximum absolute atomic E-state index is 4.03. The van der Waals surface area contributed by atoms with Crippen LogP contribution in [0.1, 0.15) is 19.8 Å². The Labute approximate surface area is 67.1 Å². The molecule has 1 nitrogen and oxygen atoms in total. The zero-order valence-electron chi connectivity index (χ0n) is 6.88. The first-order valence-electron chi connectivity index (χ1n) is 3.93. The topological polar surface area (TPSA) is 12.9 Å². The minimum absolute atomic E-state index is 1.06. The molecular formula is C10H13N. The Bertz CT molecular complexity index is 314. The smallest absolute Gasteiger partial charge is 0.0342 e. The van der Waals surface area contributed by atoms with Crippen LogP contribution >= 0.6 is 0 Å². The van der Waals surface area contributed by atoms with Crippen LogP contribution in [0.5, 0.6) is 0 Å². The van der Waals surface area contributed by atoms with Gasteiger partial charge in [0.05, 0.1) is 0 Å². The van der Waals surface area contributed by atoms with Gasteiger partial charge in [-0.2, -0.15) is 0 Å². The van der Waals surface area contributed by atoms with Crippen LogP contribution in [-0.2, 0) is 0 Å². The molecule has 0 unspecified atom stereocenters. The summed E-state index contributed by atoms with van der Waals surface area (Å²) in [7, 11) is 0. The van der Waals surface area contributed by atoms with E-state index in [2.05, 4.69) is 24.6 Å². The summed E-state index contributed by atoms with van der Waals surface area (Å²) in [6.45, 7) is 6.06. The molecule has 1 aromatic heterocycles. The van der Waals surface area contributed by atoms with Gasteiger partial charge in [-0.25, -0.2) is 0 Å². The van der Waals surface area contributed by atoms with Crippen molar-refractivity contribution in [1.82, 2.24) is 4.98 Å². The number of rotatable bonds is 2. The number of hydrogen-bond acceptors (Lipinski definition) is 1. The van der Waals surface area contributed by atoms with Gasteiger partial charge in [-0.05, 0) is 22.9 Å². The maximum atomic E-state index is 4.03. The van der Waals surface area contributed by atoms with Crippen LogP contribution in [-0.4, -0.2) is 4.98 Å². The highest BCUT2D eigenvalue weighted by Crippen LogP contribution is 1.84. The van der Waals surface area contributed by atoms with E-state index < -0.39 is 0 Å². The zero-order valence-corrected chi connectivity index (χ0v) is 6.88. The number of hydrogen-bond donors (Lipinski definition) is 0. The van der Waals surface area contributed by atoms with E-state index >= 15 is 0 Å². The third-order valence-corrected chi connectivity index (χ3v) is 1.60. The molecule has 0 bridgehead atoms. The summed E-state index contributed by atoms with van der Waals surface area (Å²) < 4.78 is 0. The molecule has 0 fully saturated rings. The predicted octanol–water partition coefficient (Wildman–Crippen LogP) is 1.07. The number of unbranched alkanes of at least 4 members (excludes halogenated alkanes) is 1. The molecule has 0 aliphatic rings. The summed E-state index contributed by atoms with van der Waals surface area (Å²) >= 11 is 0.